The number of ether oxygens (including phenoxy) is 1. The first-order valence-corrected chi connectivity index (χ1v) is 8.11. The highest BCUT2D eigenvalue weighted by Crippen LogP contribution is 2.20. The summed E-state index contributed by atoms with van der Waals surface area (Å²) in [6, 6.07) is 12.5. The zero-order valence-corrected chi connectivity index (χ0v) is 11.8. The molecule has 3 rings (SSSR count). The zero-order chi connectivity index (χ0) is 14.9. The van der Waals surface area contributed by atoms with E-state index in [9.17, 15) is 13.2 Å². The zero-order valence-electron chi connectivity index (χ0n) is 11.0. The molecule has 6 heteroatoms. The van der Waals surface area contributed by atoms with Crippen LogP contribution in [0.2, 0.25) is 0 Å². The van der Waals surface area contributed by atoms with Gasteiger partial charge in [-0.15, -0.1) is 0 Å². The number of carbonyl (C=O) groups is 1. The molecule has 1 heterocycles. The molecule has 21 heavy (non-hydrogen) atoms. The highest BCUT2D eigenvalue weighted by atomic mass is 32.2. The Hall–Kier alpha value is -2.34. The molecule has 0 spiro atoms. The summed E-state index contributed by atoms with van der Waals surface area (Å²) in [5.74, 6) is 0.288. The number of nitrogens with one attached hydrogen (secondary N) is 1. The van der Waals surface area contributed by atoms with E-state index in [2.05, 4.69) is 5.32 Å². The first-order valence-electron chi connectivity index (χ1n) is 6.40. The molecule has 0 aliphatic carbocycles. The fourth-order valence-corrected chi connectivity index (χ4v) is 3.42. The maximum atomic E-state index is 11.8. The summed E-state index contributed by atoms with van der Waals surface area (Å²) >= 11 is 0. The predicted octanol–water partition coefficient (Wildman–Crippen LogP) is 2.24. The Morgan fingerprint density at radius 3 is 2.62 bits per heavy atom. The number of amides is 1. The molecule has 0 radical (unpaired) electrons. The minimum Gasteiger partial charge on any atom is -0.410 e. The minimum absolute atomic E-state index is 0.125. The van der Waals surface area contributed by atoms with E-state index in [-0.39, 0.29) is 5.75 Å². The minimum atomic E-state index is -3.19. The lowest BCUT2D eigenvalue weighted by Crippen LogP contribution is -2.37. The van der Waals surface area contributed by atoms with Crippen LogP contribution in [-0.2, 0) is 9.84 Å². The van der Waals surface area contributed by atoms with Gasteiger partial charge in [0.1, 0.15) is 5.75 Å². The number of fused-ring (bicyclic) bond motifs is 1. The van der Waals surface area contributed by atoms with Gasteiger partial charge in [0.05, 0.1) is 11.8 Å². The van der Waals surface area contributed by atoms with Crippen LogP contribution in [0.15, 0.2) is 53.9 Å². The Morgan fingerprint density at radius 2 is 1.90 bits per heavy atom. The molecule has 0 saturated heterocycles. The van der Waals surface area contributed by atoms with E-state index in [0.717, 1.165) is 16.2 Å². The molecule has 0 aromatic heterocycles. The lowest BCUT2D eigenvalue weighted by molar-refractivity contribution is 0.199. The lowest BCUT2D eigenvalue weighted by atomic mass is 10.1. The van der Waals surface area contributed by atoms with E-state index in [4.69, 9.17) is 4.74 Å². The fourth-order valence-electron chi connectivity index (χ4n) is 2.18. The lowest BCUT2D eigenvalue weighted by Gasteiger charge is -2.10. The smallest absolute Gasteiger partial charge is 0.410 e. The largest absolute Gasteiger partial charge is 0.413 e. The van der Waals surface area contributed by atoms with Crippen molar-refractivity contribution in [3.63, 3.8) is 0 Å². The average Bonchev–Trinajstić information content (AvgIpc) is 2.77. The van der Waals surface area contributed by atoms with Gasteiger partial charge in [-0.3, -0.25) is 0 Å². The van der Waals surface area contributed by atoms with Crippen LogP contribution in [0.3, 0.4) is 0 Å². The summed E-state index contributed by atoms with van der Waals surface area (Å²) in [5.41, 5.74) is 0. The first kappa shape index (κ1) is 13.6. The van der Waals surface area contributed by atoms with Crippen molar-refractivity contribution < 1.29 is 17.9 Å². The maximum absolute atomic E-state index is 11.8. The second kappa shape index (κ2) is 5.21. The van der Waals surface area contributed by atoms with Crippen LogP contribution >= 0.6 is 0 Å². The summed E-state index contributed by atoms with van der Waals surface area (Å²) in [6.07, 6.45) is 0.772. The van der Waals surface area contributed by atoms with Crippen LogP contribution in [-0.4, -0.2) is 26.3 Å². The van der Waals surface area contributed by atoms with Crippen molar-refractivity contribution in [3.05, 3.63) is 53.9 Å². The van der Waals surface area contributed by atoms with Crippen molar-refractivity contribution in [2.75, 3.05) is 5.75 Å². The molecule has 1 unspecified atom stereocenters. The highest BCUT2D eigenvalue weighted by molar-refractivity contribution is 7.94. The van der Waals surface area contributed by atoms with Gasteiger partial charge < -0.3 is 10.1 Å². The maximum Gasteiger partial charge on any atom is 0.413 e. The molecule has 1 N–H and O–H groups in total. The van der Waals surface area contributed by atoms with Crippen molar-refractivity contribution >= 4 is 26.7 Å². The summed E-state index contributed by atoms with van der Waals surface area (Å²) < 4.78 is 27.7. The van der Waals surface area contributed by atoms with E-state index in [1.165, 1.54) is 6.08 Å². The molecule has 1 aliphatic heterocycles. The second-order valence-corrected chi connectivity index (χ2v) is 6.74. The molecule has 2 aromatic rings. The van der Waals surface area contributed by atoms with Crippen LogP contribution < -0.4 is 10.1 Å². The third-order valence-corrected chi connectivity index (χ3v) is 4.56. The normalized spacial score (nSPS) is 19.5. The van der Waals surface area contributed by atoms with Crippen LogP contribution in [0.25, 0.3) is 10.8 Å². The van der Waals surface area contributed by atoms with Gasteiger partial charge in [-0.2, -0.15) is 0 Å². The van der Waals surface area contributed by atoms with E-state index in [0.29, 0.717) is 5.75 Å². The second-order valence-electron chi connectivity index (χ2n) is 4.81. The Morgan fingerprint density at radius 1 is 1.14 bits per heavy atom. The van der Waals surface area contributed by atoms with Gasteiger partial charge in [-0.05, 0) is 29.0 Å². The third-order valence-electron chi connectivity index (χ3n) is 3.16. The van der Waals surface area contributed by atoms with Gasteiger partial charge in [0.2, 0.25) is 0 Å². The summed E-state index contributed by atoms with van der Waals surface area (Å²) in [6.45, 7) is 0. The topological polar surface area (TPSA) is 72.5 Å². The third kappa shape index (κ3) is 3.22. The van der Waals surface area contributed by atoms with E-state index < -0.39 is 22.0 Å². The Kier molecular flexibility index (Phi) is 3.39. The average molecular weight is 303 g/mol. The summed E-state index contributed by atoms with van der Waals surface area (Å²) in [4.78, 5) is 11.8. The summed E-state index contributed by atoms with van der Waals surface area (Å²) in [5, 5.41) is 5.62. The predicted molar refractivity (Wildman–Crippen MR) is 79.8 cm³/mol. The molecule has 0 fully saturated rings. The highest BCUT2D eigenvalue weighted by Gasteiger charge is 2.23. The van der Waals surface area contributed by atoms with Crippen molar-refractivity contribution in [1.29, 1.82) is 0 Å². The molecule has 1 atom stereocenters. The van der Waals surface area contributed by atoms with Crippen LogP contribution in [0.1, 0.15) is 0 Å². The van der Waals surface area contributed by atoms with Gasteiger partial charge in [-0.1, -0.05) is 30.3 Å². The number of sulfone groups is 1. The monoisotopic (exact) mass is 303 g/mol. The van der Waals surface area contributed by atoms with E-state index in [1.807, 2.05) is 30.3 Å². The Bertz CT molecular complexity index is 826. The molecule has 5 nitrogen and oxygen atoms in total. The number of hydrogen-bond donors (Lipinski definition) is 1. The van der Waals surface area contributed by atoms with E-state index >= 15 is 0 Å². The molecule has 108 valence electrons. The standard InChI is InChI=1S/C15H13NO4S/c17-15(16-13-7-8-21(18,19)10-13)20-14-6-5-11-3-1-2-4-12(11)9-14/h1-9,13H,10H2,(H,16,17). The molecule has 2 aromatic carbocycles. The van der Waals surface area contributed by atoms with Gasteiger partial charge >= 0.3 is 6.09 Å². The van der Waals surface area contributed by atoms with Crippen LogP contribution in [0.5, 0.6) is 5.75 Å². The van der Waals surface area contributed by atoms with Crippen molar-refractivity contribution in [3.8, 4) is 5.75 Å². The molecular formula is C15H13NO4S. The molecule has 1 aliphatic rings. The van der Waals surface area contributed by atoms with Crippen molar-refractivity contribution in [2.24, 2.45) is 0 Å². The van der Waals surface area contributed by atoms with Crippen molar-refractivity contribution in [2.45, 2.75) is 6.04 Å². The summed E-state index contributed by atoms with van der Waals surface area (Å²) in [7, 11) is -3.19. The molecule has 1 amide bonds. The van der Waals surface area contributed by atoms with Crippen molar-refractivity contribution in [1.82, 2.24) is 5.32 Å². The number of carbonyl (C=O) groups excluding carboxylic acids is 1. The molecular weight excluding hydrogens is 290 g/mol. The SMILES string of the molecule is O=C(NC1C=CS(=O)(=O)C1)Oc1ccc2ccccc2c1. The number of benzene rings is 2. The van der Waals surface area contributed by atoms with Gasteiger partial charge in [0.25, 0.3) is 0 Å². The first-order chi connectivity index (χ1) is 10.0. The van der Waals surface area contributed by atoms with Crippen LogP contribution in [0, 0.1) is 0 Å². The van der Waals surface area contributed by atoms with E-state index in [1.54, 1.807) is 12.1 Å². The van der Waals surface area contributed by atoms with Gasteiger partial charge in [0.15, 0.2) is 9.84 Å². The number of hydrogen-bond acceptors (Lipinski definition) is 4. The fraction of sp³-hybridized carbons (Fsp3) is 0.133. The molecule has 0 bridgehead atoms. The number of rotatable bonds is 2. The Labute approximate surface area is 122 Å². The van der Waals surface area contributed by atoms with Crippen LogP contribution in [0.4, 0.5) is 4.79 Å². The van der Waals surface area contributed by atoms with Gasteiger partial charge in [0, 0.05) is 5.41 Å². The molecule has 0 saturated carbocycles. The Balaban J connectivity index is 1.68. The quantitative estimate of drug-likeness (QED) is 0.923. The van der Waals surface area contributed by atoms with Gasteiger partial charge in [-0.25, -0.2) is 13.2 Å².